The molecule has 0 spiro atoms. The Morgan fingerprint density at radius 3 is 2.13 bits per heavy atom. The maximum Gasteiger partial charge on any atom is 0.397 e. The second-order valence-electron chi connectivity index (χ2n) is 11.0. The third kappa shape index (κ3) is 4.45. The highest BCUT2D eigenvalue weighted by Crippen LogP contribution is 2.68. The average molecular weight is 481 g/mol. The van der Waals surface area contributed by atoms with Crippen LogP contribution in [0.1, 0.15) is 78.6 Å². The lowest BCUT2D eigenvalue weighted by molar-refractivity contribution is -0.129. The van der Waals surface area contributed by atoms with Gasteiger partial charge in [-0.1, -0.05) is 13.8 Å². The SMILES string of the molecule is CC(OS(=O)(=O)O)C1CCC2C3CCC4C[C@H](OS(=O)(=O)O)CCC4(C)C3CCC12C. The summed E-state index contributed by atoms with van der Waals surface area (Å²) in [5.74, 6) is 2.13. The van der Waals surface area contributed by atoms with Gasteiger partial charge < -0.3 is 0 Å². The third-order valence-electron chi connectivity index (χ3n) is 9.79. The van der Waals surface area contributed by atoms with Gasteiger partial charge in [0.05, 0.1) is 12.2 Å². The monoisotopic (exact) mass is 480 g/mol. The van der Waals surface area contributed by atoms with Gasteiger partial charge in [-0.15, -0.1) is 0 Å². The van der Waals surface area contributed by atoms with Gasteiger partial charge in [0.1, 0.15) is 0 Å². The Labute approximate surface area is 186 Å². The molecule has 4 saturated carbocycles. The predicted octanol–water partition coefficient (Wildman–Crippen LogP) is 4.04. The van der Waals surface area contributed by atoms with Crippen LogP contribution in [0.15, 0.2) is 0 Å². The van der Waals surface area contributed by atoms with Crippen LogP contribution in [0.5, 0.6) is 0 Å². The van der Waals surface area contributed by atoms with Gasteiger partial charge >= 0.3 is 20.8 Å². The minimum atomic E-state index is -4.47. The van der Waals surface area contributed by atoms with Gasteiger partial charge in [0.2, 0.25) is 0 Å². The zero-order valence-electron chi connectivity index (χ0n) is 18.6. The van der Waals surface area contributed by atoms with Gasteiger partial charge in [-0.3, -0.25) is 9.11 Å². The van der Waals surface area contributed by atoms with Gasteiger partial charge in [0.25, 0.3) is 0 Å². The maximum atomic E-state index is 11.3. The number of fused-ring (bicyclic) bond motifs is 5. The molecule has 8 nitrogen and oxygen atoms in total. The second kappa shape index (κ2) is 7.91. The molecule has 10 heteroatoms. The Kier molecular flexibility index (Phi) is 6.09. The van der Waals surface area contributed by atoms with E-state index in [2.05, 4.69) is 13.8 Å². The first-order valence-corrected chi connectivity index (χ1v) is 14.3. The fraction of sp³-hybridized carbons (Fsp3) is 1.00. The first-order valence-electron chi connectivity index (χ1n) is 11.5. The minimum absolute atomic E-state index is 0.000248. The van der Waals surface area contributed by atoms with Crippen molar-refractivity contribution >= 4 is 20.8 Å². The normalized spacial score (nSPS) is 46.6. The summed E-state index contributed by atoms with van der Waals surface area (Å²) in [7, 11) is -8.89. The molecule has 4 aliphatic carbocycles. The molecule has 4 aliphatic rings. The third-order valence-corrected chi connectivity index (χ3v) is 10.9. The van der Waals surface area contributed by atoms with Gasteiger partial charge in [-0.25, -0.2) is 8.37 Å². The molecule has 9 atom stereocenters. The molecule has 8 unspecified atom stereocenters. The topological polar surface area (TPSA) is 127 Å². The van der Waals surface area contributed by atoms with Crippen LogP contribution < -0.4 is 0 Å². The minimum Gasteiger partial charge on any atom is -0.264 e. The summed E-state index contributed by atoms with van der Waals surface area (Å²) in [4.78, 5) is 0. The Hall–Kier alpha value is -0.260. The molecule has 0 heterocycles. The molecule has 0 aromatic carbocycles. The summed E-state index contributed by atoms with van der Waals surface area (Å²) in [5.41, 5.74) is 0.137. The summed E-state index contributed by atoms with van der Waals surface area (Å²) in [6.07, 6.45) is 7.38. The van der Waals surface area contributed by atoms with Crippen molar-refractivity contribution in [2.24, 2.45) is 40.4 Å². The lowest BCUT2D eigenvalue weighted by Gasteiger charge is -2.61. The molecule has 0 radical (unpaired) electrons. The van der Waals surface area contributed by atoms with E-state index in [0.717, 1.165) is 44.9 Å². The smallest absolute Gasteiger partial charge is 0.264 e. The number of hydrogen-bond donors (Lipinski definition) is 2. The van der Waals surface area contributed by atoms with Crippen molar-refractivity contribution in [2.75, 3.05) is 0 Å². The second-order valence-corrected chi connectivity index (χ2v) is 13.1. The molecular formula is C21H36O8S2. The summed E-state index contributed by atoms with van der Waals surface area (Å²) < 4.78 is 73.0. The molecule has 4 fully saturated rings. The van der Waals surface area contributed by atoms with E-state index in [0.29, 0.717) is 36.5 Å². The van der Waals surface area contributed by atoms with Crippen molar-refractivity contribution < 1.29 is 34.3 Å². The summed E-state index contributed by atoms with van der Waals surface area (Å²) in [6, 6.07) is 0. The van der Waals surface area contributed by atoms with Crippen LogP contribution in [0, 0.1) is 40.4 Å². The van der Waals surface area contributed by atoms with Crippen molar-refractivity contribution in [2.45, 2.75) is 90.8 Å². The quantitative estimate of drug-likeness (QED) is 0.564. The molecule has 0 saturated heterocycles. The number of rotatable bonds is 5. The van der Waals surface area contributed by atoms with Crippen LogP contribution in [0.25, 0.3) is 0 Å². The number of hydrogen-bond acceptors (Lipinski definition) is 6. The van der Waals surface area contributed by atoms with Crippen molar-refractivity contribution in [3.8, 4) is 0 Å². The molecule has 0 aliphatic heterocycles. The molecule has 4 rings (SSSR count). The lowest BCUT2D eigenvalue weighted by Crippen LogP contribution is -2.54. The Balaban J connectivity index is 1.50. The van der Waals surface area contributed by atoms with Crippen LogP contribution in [-0.2, 0) is 29.2 Å². The standard InChI is InChI=1S/C21H36O8S2/c1-13(28-30(22,23)24)17-6-7-18-16-5-4-14-12-15(29-31(25,26)27)8-10-20(14,2)19(16)9-11-21(17,18)3/h13-19H,4-12H2,1-3H3,(H,22,23,24)(H,25,26,27)/t13?,14?,15-,16?,17?,18?,19?,20?,21?/m1/s1. The molecular weight excluding hydrogens is 444 g/mol. The predicted molar refractivity (Wildman–Crippen MR) is 114 cm³/mol. The van der Waals surface area contributed by atoms with Gasteiger partial charge in [-0.2, -0.15) is 16.8 Å². The molecule has 0 aromatic rings. The van der Waals surface area contributed by atoms with Gasteiger partial charge in [0.15, 0.2) is 0 Å². The van der Waals surface area contributed by atoms with Gasteiger partial charge in [-0.05, 0) is 105 Å². The zero-order valence-corrected chi connectivity index (χ0v) is 20.2. The molecule has 31 heavy (non-hydrogen) atoms. The van der Waals surface area contributed by atoms with E-state index in [-0.39, 0.29) is 16.7 Å². The van der Waals surface area contributed by atoms with E-state index >= 15 is 0 Å². The van der Waals surface area contributed by atoms with Crippen molar-refractivity contribution in [3.05, 3.63) is 0 Å². The summed E-state index contributed by atoms with van der Waals surface area (Å²) >= 11 is 0. The van der Waals surface area contributed by atoms with Crippen LogP contribution >= 0.6 is 0 Å². The van der Waals surface area contributed by atoms with E-state index in [1.807, 2.05) is 0 Å². The Morgan fingerprint density at radius 1 is 0.839 bits per heavy atom. The van der Waals surface area contributed by atoms with E-state index in [1.165, 1.54) is 0 Å². The van der Waals surface area contributed by atoms with E-state index in [1.54, 1.807) is 6.92 Å². The van der Waals surface area contributed by atoms with Crippen LogP contribution in [0.3, 0.4) is 0 Å². The zero-order chi connectivity index (χ0) is 22.8. The van der Waals surface area contributed by atoms with Crippen LogP contribution in [0.4, 0.5) is 0 Å². The summed E-state index contributed by atoms with van der Waals surface area (Å²) in [5, 5.41) is 0. The van der Waals surface area contributed by atoms with Crippen LogP contribution in [0.2, 0.25) is 0 Å². The molecule has 0 amide bonds. The largest absolute Gasteiger partial charge is 0.397 e. The van der Waals surface area contributed by atoms with E-state index < -0.39 is 33.0 Å². The first kappa shape index (κ1) is 23.9. The fourth-order valence-electron chi connectivity index (χ4n) is 8.55. The average Bonchev–Trinajstić information content (AvgIpc) is 2.97. The molecule has 2 N–H and O–H groups in total. The van der Waals surface area contributed by atoms with Crippen molar-refractivity contribution in [1.29, 1.82) is 0 Å². The highest BCUT2D eigenvalue weighted by molar-refractivity contribution is 7.81. The molecule has 180 valence electrons. The van der Waals surface area contributed by atoms with Crippen molar-refractivity contribution in [1.82, 2.24) is 0 Å². The van der Waals surface area contributed by atoms with Crippen LogP contribution in [-0.4, -0.2) is 38.1 Å². The van der Waals surface area contributed by atoms with Crippen molar-refractivity contribution in [3.63, 3.8) is 0 Å². The highest BCUT2D eigenvalue weighted by Gasteiger charge is 2.61. The maximum absolute atomic E-state index is 11.3. The Morgan fingerprint density at radius 2 is 1.48 bits per heavy atom. The lowest BCUT2D eigenvalue weighted by atomic mass is 9.44. The fourth-order valence-corrected chi connectivity index (χ4v) is 9.59. The molecule has 0 aromatic heterocycles. The summed E-state index contributed by atoms with van der Waals surface area (Å²) in [6.45, 7) is 6.39. The highest BCUT2D eigenvalue weighted by atomic mass is 32.3. The Bertz CT molecular complexity index is 902. The van der Waals surface area contributed by atoms with E-state index in [4.69, 9.17) is 17.5 Å². The van der Waals surface area contributed by atoms with Gasteiger partial charge in [0, 0.05) is 0 Å². The first-order chi connectivity index (χ1) is 14.2. The van der Waals surface area contributed by atoms with E-state index in [9.17, 15) is 16.8 Å². The molecule has 0 bridgehead atoms.